The van der Waals surface area contributed by atoms with Gasteiger partial charge in [0.25, 0.3) is 0 Å². The predicted octanol–water partition coefficient (Wildman–Crippen LogP) is 2.26. The smallest absolute Gasteiger partial charge is 0.317 e. The molecule has 2 rings (SSSR count). The van der Waals surface area contributed by atoms with Crippen LogP contribution < -0.4 is 0 Å². The Morgan fingerprint density at radius 3 is 2.65 bits per heavy atom. The van der Waals surface area contributed by atoms with Crippen molar-refractivity contribution in [3.8, 4) is 0 Å². The number of nitrogens with zero attached hydrogens (tertiary/aromatic N) is 2. The summed E-state index contributed by atoms with van der Waals surface area (Å²) in [7, 11) is 0. The van der Waals surface area contributed by atoms with Gasteiger partial charge in [-0.05, 0) is 18.9 Å². The molecular weight excluding hydrogens is 254 g/mol. The molecule has 20 heavy (non-hydrogen) atoms. The molecule has 0 fully saturated rings. The zero-order valence-corrected chi connectivity index (χ0v) is 11.8. The lowest BCUT2D eigenvalue weighted by Gasteiger charge is -2.12. The summed E-state index contributed by atoms with van der Waals surface area (Å²) in [6, 6.07) is 9.82. The summed E-state index contributed by atoms with van der Waals surface area (Å²) in [5.41, 5.74) is 1.06. The molecule has 1 unspecified atom stereocenters. The second-order valence-electron chi connectivity index (χ2n) is 4.49. The molecule has 0 saturated carbocycles. The molecule has 106 valence electrons. The number of ether oxygens (including phenoxy) is 1. The highest BCUT2D eigenvalue weighted by molar-refractivity contribution is 5.77. The Morgan fingerprint density at radius 1 is 1.30 bits per heavy atom. The van der Waals surface area contributed by atoms with E-state index in [1.807, 2.05) is 37.3 Å². The first-order valence-corrected chi connectivity index (χ1v) is 6.86. The SMILES string of the molecule is CCOC(=O)C(Cc1ccccc1)c1n[nH]c(CC)n1. The number of rotatable bonds is 6. The van der Waals surface area contributed by atoms with E-state index in [1.54, 1.807) is 6.92 Å². The minimum atomic E-state index is -0.464. The zero-order chi connectivity index (χ0) is 14.4. The van der Waals surface area contributed by atoms with Crippen molar-refractivity contribution in [2.45, 2.75) is 32.6 Å². The summed E-state index contributed by atoms with van der Waals surface area (Å²) >= 11 is 0. The number of carbonyl (C=O) groups excluding carboxylic acids is 1. The second kappa shape index (κ2) is 6.84. The topological polar surface area (TPSA) is 67.9 Å². The number of carbonyl (C=O) groups is 1. The van der Waals surface area contributed by atoms with E-state index in [-0.39, 0.29) is 5.97 Å². The Kier molecular flexibility index (Phi) is 4.87. The van der Waals surface area contributed by atoms with Crippen LogP contribution in [0.3, 0.4) is 0 Å². The average Bonchev–Trinajstić information content (AvgIpc) is 2.94. The van der Waals surface area contributed by atoms with Gasteiger partial charge in [0.05, 0.1) is 6.61 Å². The van der Waals surface area contributed by atoms with Gasteiger partial charge in [0.15, 0.2) is 5.82 Å². The fourth-order valence-corrected chi connectivity index (χ4v) is 2.00. The standard InChI is InChI=1S/C15H19N3O2/c1-3-13-16-14(18-17-13)12(15(19)20-4-2)10-11-8-6-5-7-9-11/h5-9,12H,3-4,10H2,1-2H3,(H,16,17,18). The van der Waals surface area contributed by atoms with Crippen LogP contribution in [-0.2, 0) is 22.4 Å². The first kappa shape index (κ1) is 14.2. The second-order valence-corrected chi connectivity index (χ2v) is 4.49. The lowest BCUT2D eigenvalue weighted by Crippen LogP contribution is -2.19. The fourth-order valence-electron chi connectivity index (χ4n) is 2.00. The predicted molar refractivity (Wildman–Crippen MR) is 75.3 cm³/mol. The molecule has 0 aliphatic carbocycles. The van der Waals surface area contributed by atoms with Gasteiger partial charge in [0, 0.05) is 6.42 Å². The van der Waals surface area contributed by atoms with Crippen LogP contribution in [0.5, 0.6) is 0 Å². The summed E-state index contributed by atoms with van der Waals surface area (Å²) in [6.45, 7) is 4.14. The molecule has 0 saturated heterocycles. The summed E-state index contributed by atoms with van der Waals surface area (Å²) in [6.07, 6.45) is 1.30. The fraction of sp³-hybridized carbons (Fsp3) is 0.400. The van der Waals surface area contributed by atoms with Gasteiger partial charge in [0.1, 0.15) is 11.7 Å². The summed E-state index contributed by atoms with van der Waals surface area (Å²) < 4.78 is 5.14. The van der Waals surface area contributed by atoms with Crippen molar-refractivity contribution < 1.29 is 9.53 Å². The summed E-state index contributed by atoms with van der Waals surface area (Å²) in [5.74, 6) is 0.540. The average molecular weight is 273 g/mol. The molecule has 0 bridgehead atoms. The minimum absolute atomic E-state index is 0.280. The Balaban J connectivity index is 2.22. The van der Waals surface area contributed by atoms with E-state index in [2.05, 4.69) is 15.2 Å². The highest BCUT2D eigenvalue weighted by atomic mass is 16.5. The van der Waals surface area contributed by atoms with Crippen LogP contribution in [0.1, 0.15) is 37.0 Å². The molecule has 0 amide bonds. The largest absolute Gasteiger partial charge is 0.465 e. The third-order valence-electron chi connectivity index (χ3n) is 3.05. The van der Waals surface area contributed by atoms with E-state index in [9.17, 15) is 4.79 Å². The van der Waals surface area contributed by atoms with E-state index in [4.69, 9.17) is 4.74 Å². The van der Waals surface area contributed by atoms with E-state index in [0.29, 0.717) is 18.9 Å². The Hall–Kier alpha value is -2.17. The lowest BCUT2D eigenvalue weighted by atomic mass is 9.99. The molecule has 5 heteroatoms. The first-order chi connectivity index (χ1) is 9.74. The molecule has 1 aromatic heterocycles. The molecule has 0 spiro atoms. The van der Waals surface area contributed by atoms with Crippen molar-refractivity contribution >= 4 is 5.97 Å². The molecule has 1 N–H and O–H groups in total. The highest BCUT2D eigenvalue weighted by Crippen LogP contribution is 2.19. The number of nitrogens with one attached hydrogen (secondary N) is 1. The van der Waals surface area contributed by atoms with Gasteiger partial charge in [0.2, 0.25) is 0 Å². The summed E-state index contributed by atoms with van der Waals surface area (Å²) in [4.78, 5) is 16.5. The number of aromatic nitrogens is 3. The van der Waals surface area contributed by atoms with Gasteiger partial charge in [-0.25, -0.2) is 4.98 Å². The van der Waals surface area contributed by atoms with Crippen molar-refractivity contribution in [3.05, 3.63) is 47.5 Å². The number of benzene rings is 1. The van der Waals surface area contributed by atoms with Crippen LogP contribution in [0.15, 0.2) is 30.3 Å². The monoisotopic (exact) mass is 273 g/mol. The number of aryl methyl sites for hydroxylation is 1. The molecule has 0 aliphatic rings. The van der Waals surface area contributed by atoms with Crippen LogP contribution in [0.25, 0.3) is 0 Å². The quantitative estimate of drug-likeness (QED) is 0.820. The first-order valence-electron chi connectivity index (χ1n) is 6.86. The van der Waals surface area contributed by atoms with Crippen molar-refractivity contribution in [1.82, 2.24) is 15.2 Å². The molecule has 2 aromatic rings. The lowest BCUT2D eigenvalue weighted by molar-refractivity contribution is -0.145. The Labute approximate surface area is 118 Å². The van der Waals surface area contributed by atoms with Crippen LogP contribution >= 0.6 is 0 Å². The highest BCUT2D eigenvalue weighted by Gasteiger charge is 2.26. The third-order valence-corrected chi connectivity index (χ3v) is 3.05. The van der Waals surface area contributed by atoms with Crippen molar-refractivity contribution in [2.24, 2.45) is 0 Å². The summed E-state index contributed by atoms with van der Waals surface area (Å²) in [5, 5.41) is 7.00. The normalized spacial score (nSPS) is 12.1. The number of hydrogen-bond donors (Lipinski definition) is 1. The van der Waals surface area contributed by atoms with Crippen molar-refractivity contribution in [2.75, 3.05) is 6.61 Å². The molecule has 1 heterocycles. The zero-order valence-electron chi connectivity index (χ0n) is 11.8. The number of esters is 1. The molecule has 1 atom stereocenters. The van der Waals surface area contributed by atoms with E-state index in [0.717, 1.165) is 17.8 Å². The van der Waals surface area contributed by atoms with Gasteiger partial charge in [-0.15, -0.1) is 0 Å². The van der Waals surface area contributed by atoms with Crippen molar-refractivity contribution in [3.63, 3.8) is 0 Å². The third kappa shape index (κ3) is 3.44. The Bertz CT molecular complexity index is 551. The maximum absolute atomic E-state index is 12.1. The van der Waals surface area contributed by atoms with Gasteiger partial charge >= 0.3 is 5.97 Å². The van der Waals surface area contributed by atoms with Gasteiger partial charge < -0.3 is 4.74 Å². The number of hydrogen-bond acceptors (Lipinski definition) is 4. The van der Waals surface area contributed by atoms with Gasteiger partial charge in [-0.1, -0.05) is 37.3 Å². The van der Waals surface area contributed by atoms with Crippen LogP contribution in [-0.4, -0.2) is 27.8 Å². The van der Waals surface area contributed by atoms with Gasteiger partial charge in [-0.3, -0.25) is 9.89 Å². The van der Waals surface area contributed by atoms with Crippen LogP contribution in [0.2, 0.25) is 0 Å². The molecule has 1 aromatic carbocycles. The van der Waals surface area contributed by atoms with E-state index >= 15 is 0 Å². The van der Waals surface area contributed by atoms with Crippen LogP contribution in [0.4, 0.5) is 0 Å². The molecular formula is C15H19N3O2. The number of aromatic amines is 1. The molecule has 0 radical (unpaired) electrons. The van der Waals surface area contributed by atoms with E-state index < -0.39 is 5.92 Å². The van der Waals surface area contributed by atoms with Crippen LogP contribution in [0, 0.1) is 0 Å². The molecule has 5 nitrogen and oxygen atoms in total. The Morgan fingerprint density at radius 2 is 2.05 bits per heavy atom. The number of H-pyrrole nitrogens is 1. The van der Waals surface area contributed by atoms with Crippen molar-refractivity contribution in [1.29, 1.82) is 0 Å². The maximum atomic E-state index is 12.1. The maximum Gasteiger partial charge on any atom is 0.317 e. The van der Waals surface area contributed by atoms with E-state index in [1.165, 1.54) is 0 Å². The molecule has 0 aliphatic heterocycles. The minimum Gasteiger partial charge on any atom is -0.465 e. The van der Waals surface area contributed by atoms with Gasteiger partial charge in [-0.2, -0.15) is 5.10 Å².